The summed E-state index contributed by atoms with van der Waals surface area (Å²) in [5, 5.41) is 12.1. The maximum atomic E-state index is 15.2. The Morgan fingerprint density at radius 3 is 2.62 bits per heavy atom. The van der Waals surface area contributed by atoms with Gasteiger partial charge in [0.05, 0.1) is 0 Å². The summed E-state index contributed by atoms with van der Waals surface area (Å²) in [6, 6.07) is 14.8. The molecule has 1 atom stereocenters. The van der Waals surface area contributed by atoms with Gasteiger partial charge in [0.1, 0.15) is 19.3 Å². The summed E-state index contributed by atoms with van der Waals surface area (Å²) < 4.78 is 26.2. The van der Waals surface area contributed by atoms with Gasteiger partial charge in [0.25, 0.3) is 0 Å². The third kappa shape index (κ3) is 4.97. The third-order valence-corrected chi connectivity index (χ3v) is 6.08. The molecule has 2 N–H and O–H groups in total. The lowest BCUT2D eigenvalue weighted by Crippen LogP contribution is -2.33. The number of halogens is 1. The SMILES string of the molecule is Cc1ccc(CNC(C)C(=O)O)cc1/C=C/c1cccc(-c2ccc3c(c2F)OCCO3)c1C. The molecule has 0 bridgehead atoms. The molecule has 3 aromatic rings. The quantitative estimate of drug-likeness (QED) is 0.448. The zero-order valence-electron chi connectivity index (χ0n) is 19.5. The van der Waals surface area contributed by atoms with Gasteiger partial charge >= 0.3 is 5.97 Å². The molecule has 0 spiro atoms. The van der Waals surface area contributed by atoms with Crippen molar-refractivity contribution in [1.82, 2.24) is 5.32 Å². The molecule has 34 heavy (non-hydrogen) atoms. The van der Waals surface area contributed by atoms with Gasteiger partial charge in [-0.1, -0.05) is 48.6 Å². The zero-order chi connectivity index (χ0) is 24.2. The maximum Gasteiger partial charge on any atom is 0.320 e. The van der Waals surface area contributed by atoms with Gasteiger partial charge < -0.3 is 19.9 Å². The summed E-state index contributed by atoms with van der Waals surface area (Å²) in [4.78, 5) is 11.0. The average molecular weight is 462 g/mol. The first kappa shape index (κ1) is 23.5. The fraction of sp³-hybridized carbons (Fsp3) is 0.250. The van der Waals surface area contributed by atoms with Crippen molar-refractivity contribution in [2.24, 2.45) is 0 Å². The van der Waals surface area contributed by atoms with Crippen molar-refractivity contribution in [3.63, 3.8) is 0 Å². The highest BCUT2D eigenvalue weighted by molar-refractivity contribution is 5.79. The van der Waals surface area contributed by atoms with Crippen LogP contribution in [0.5, 0.6) is 11.5 Å². The molecule has 0 saturated heterocycles. The Labute approximate surface area is 198 Å². The van der Waals surface area contributed by atoms with E-state index in [0.717, 1.165) is 33.4 Å². The Kier molecular flexibility index (Phi) is 6.98. The molecular weight excluding hydrogens is 433 g/mol. The van der Waals surface area contributed by atoms with Gasteiger partial charge in [0, 0.05) is 12.1 Å². The lowest BCUT2D eigenvalue weighted by Gasteiger charge is -2.20. The van der Waals surface area contributed by atoms with Crippen LogP contribution in [0.1, 0.15) is 34.7 Å². The highest BCUT2D eigenvalue weighted by Crippen LogP contribution is 2.39. The van der Waals surface area contributed by atoms with Gasteiger partial charge in [-0.2, -0.15) is 0 Å². The van der Waals surface area contributed by atoms with Gasteiger partial charge in [-0.25, -0.2) is 4.39 Å². The van der Waals surface area contributed by atoms with Crippen LogP contribution in [0.2, 0.25) is 0 Å². The van der Waals surface area contributed by atoms with Crippen LogP contribution in [0.15, 0.2) is 48.5 Å². The molecule has 1 aliphatic rings. The first-order valence-electron chi connectivity index (χ1n) is 11.3. The molecule has 5 nitrogen and oxygen atoms in total. The Morgan fingerprint density at radius 1 is 1.06 bits per heavy atom. The fourth-order valence-corrected chi connectivity index (χ4v) is 3.93. The molecule has 0 saturated carbocycles. The van der Waals surface area contributed by atoms with E-state index < -0.39 is 17.8 Å². The number of carboxylic acids is 1. The van der Waals surface area contributed by atoms with Crippen molar-refractivity contribution >= 4 is 18.1 Å². The van der Waals surface area contributed by atoms with Crippen molar-refractivity contribution in [1.29, 1.82) is 0 Å². The van der Waals surface area contributed by atoms with E-state index in [1.807, 2.05) is 62.4 Å². The van der Waals surface area contributed by atoms with Crippen molar-refractivity contribution in [2.45, 2.75) is 33.4 Å². The molecule has 0 aliphatic carbocycles. The smallest absolute Gasteiger partial charge is 0.320 e. The zero-order valence-corrected chi connectivity index (χ0v) is 19.5. The van der Waals surface area contributed by atoms with Crippen LogP contribution in [0.4, 0.5) is 4.39 Å². The number of hydrogen-bond acceptors (Lipinski definition) is 4. The van der Waals surface area contributed by atoms with Crippen LogP contribution in [0.25, 0.3) is 23.3 Å². The summed E-state index contributed by atoms with van der Waals surface area (Å²) in [6.45, 7) is 6.85. The molecule has 4 rings (SSSR count). The number of aryl methyl sites for hydroxylation is 1. The van der Waals surface area contributed by atoms with Gasteiger partial charge in [-0.05, 0) is 66.3 Å². The van der Waals surface area contributed by atoms with Crippen LogP contribution in [0.3, 0.4) is 0 Å². The summed E-state index contributed by atoms with van der Waals surface area (Å²) >= 11 is 0. The Morgan fingerprint density at radius 2 is 1.82 bits per heavy atom. The minimum absolute atomic E-state index is 0.169. The molecule has 1 aliphatic heterocycles. The van der Waals surface area contributed by atoms with Crippen LogP contribution >= 0.6 is 0 Å². The molecule has 0 aromatic heterocycles. The van der Waals surface area contributed by atoms with Gasteiger partial charge in [0.2, 0.25) is 0 Å². The Bertz CT molecular complexity index is 1250. The normalized spacial score (nSPS) is 13.8. The van der Waals surface area contributed by atoms with E-state index in [4.69, 9.17) is 14.6 Å². The highest BCUT2D eigenvalue weighted by Gasteiger charge is 2.21. The lowest BCUT2D eigenvalue weighted by atomic mass is 9.94. The maximum absolute atomic E-state index is 15.2. The van der Waals surface area contributed by atoms with Crippen LogP contribution in [-0.2, 0) is 11.3 Å². The molecule has 1 heterocycles. The van der Waals surface area contributed by atoms with E-state index in [2.05, 4.69) is 5.32 Å². The molecule has 0 fully saturated rings. The number of rotatable bonds is 7. The number of nitrogens with one attached hydrogen (secondary N) is 1. The molecule has 1 unspecified atom stereocenters. The van der Waals surface area contributed by atoms with Gasteiger partial charge in [-0.15, -0.1) is 0 Å². The van der Waals surface area contributed by atoms with Crippen molar-refractivity contribution in [3.8, 4) is 22.6 Å². The lowest BCUT2D eigenvalue weighted by molar-refractivity contribution is -0.139. The largest absolute Gasteiger partial charge is 0.486 e. The summed E-state index contributed by atoms with van der Waals surface area (Å²) in [7, 11) is 0. The van der Waals surface area contributed by atoms with E-state index in [1.54, 1.807) is 19.1 Å². The van der Waals surface area contributed by atoms with Crippen molar-refractivity contribution in [2.75, 3.05) is 13.2 Å². The number of carbonyl (C=O) groups is 1. The average Bonchev–Trinajstić information content (AvgIpc) is 2.84. The predicted molar refractivity (Wildman–Crippen MR) is 132 cm³/mol. The molecule has 176 valence electrons. The monoisotopic (exact) mass is 461 g/mol. The van der Waals surface area contributed by atoms with Crippen LogP contribution < -0.4 is 14.8 Å². The molecule has 0 radical (unpaired) electrons. The van der Waals surface area contributed by atoms with Crippen molar-refractivity contribution < 1.29 is 23.8 Å². The fourth-order valence-electron chi connectivity index (χ4n) is 3.93. The van der Waals surface area contributed by atoms with E-state index in [0.29, 0.717) is 31.1 Å². The first-order chi connectivity index (χ1) is 16.3. The molecule has 0 amide bonds. The third-order valence-electron chi connectivity index (χ3n) is 6.08. The number of aliphatic carboxylic acids is 1. The number of hydrogen-bond donors (Lipinski definition) is 2. The Balaban J connectivity index is 1.60. The number of ether oxygens (including phenoxy) is 2. The molecule has 6 heteroatoms. The minimum atomic E-state index is -0.878. The predicted octanol–water partition coefficient (Wildman–Crippen LogP) is 5.61. The summed E-state index contributed by atoms with van der Waals surface area (Å²) in [5.41, 5.74) is 6.37. The second kappa shape index (κ2) is 10.1. The van der Waals surface area contributed by atoms with Gasteiger partial charge in [-0.3, -0.25) is 4.79 Å². The number of fused-ring (bicyclic) bond motifs is 1. The molecular formula is C28H28FNO4. The van der Waals surface area contributed by atoms with Crippen LogP contribution in [-0.4, -0.2) is 30.3 Å². The topological polar surface area (TPSA) is 67.8 Å². The van der Waals surface area contributed by atoms with E-state index in [-0.39, 0.29) is 5.75 Å². The van der Waals surface area contributed by atoms with Crippen LogP contribution in [0, 0.1) is 19.7 Å². The van der Waals surface area contributed by atoms with Gasteiger partial charge in [0.15, 0.2) is 17.3 Å². The standard InChI is InChI=1S/C28H28FNO4/c1-17-7-8-20(16-30-19(3)28(31)32)15-22(17)10-9-21-5-4-6-23(18(21)2)24-11-12-25-27(26(24)29)34-14-13-33-25/h4-12,15,19,30H,13-14,16H2,1-3H3,(H,31,32)/b10-9+. The second-order valence-electron chi connectivity index (χ2n) is 8.44. The second-order valence-corrected chi connectivity index (χ2v) is 8.44. The van der Waals surface area contributed by atoms with Crippen molar-refractivity contribution in [3.05, 3.63) is 82.2 Å². The minimum Gasteiger partial charge on any atom is -0.486 e. The summed E-state index contributed by atoms with van der Waals surface area (Å²) in [5.74, 6) is -0.684. The van der Waals surface area contributed by atoms with E-state index >= 15 is 4.39 Å². The van der Waals surface area contributed by atoms with E-state index in [9.17, 15) is 4.79 Å². The number of carboxylic acid groups (broad SMARTS) is 1. The highest BCUT2D eigenvalue weighted by atomic mass is 19.1. The molecule has 3 aromatic carbocycles. The van der Waals surface area contributed by atoms with E-state index in [1.165, 1.54) is 0 Å². The summed E-state index contributed by atoms with van der Waals surface area (Å²) in [6.07, 6.45) is 4.06. The first-order valence-corrected chi connectivity index (χ1v) is 11.3. The Hall–Kier alpha value is -3.64. The number of benzene rings is 3.